The van der Waals surface area contributed by atoms with Crippen LogP contribution in [0.3, 0.4) is 0 Å². The Morgan fingerprint density at radius 2 is 1.78 bits per heavy atom. The van der Waals surface area contributed by atoms with Crippen molar-refractivity contribution in [3.63, 3.8) is 0 Å². The van der Waals surface area contributed by atoms with Gasteiger partial charge in [-0.2, -0.15) is 18.4 Å². The standard InChI is InChI=1S/C13H13F3N2/c1-9-3-5-11(6-4-9)7-10(2)12(18,8-17)13(14,15)16/h3-7H,18H2,1-2H3/b10-7+. The summed E-state index contributed by atoms with van der Waals surface area (Å²) in [5, 5.41) is 8.68. The Labute approximate surface area is 104 Å². The third kappa shape index (κ3) is 2.71. The number of nitrogens with two attached hydrogens (primary N) is 1. The summed E-state index contributed by atoms with van der Waals surface area (Å²) in [7, 11) is 0. The van der Waals surface area contributed by atoms with Gasteiger partial charge in [0.2, 0.25) is 5.54 Å². The average molecular weight is 254 g/mol. The van der Waals surface area contributed by atoms with Crippen LogP contribution >= 0.6 is 0 Å². The topological polar surface area (TPSA) is 49.8 Å². The molecule has 5 heteroatoms. The summed E-state index contributed by atoms with van der Waals surface area (Å²) in [6, 6.07) is 8.03. The molecule has 0 spiro atoms. The lowest BCUT2D eigenvalue weighted by Crippen LogP contribution is -2.53. The van der Waals surface area contributed by atoms with Crippen molar-refractivity contribution in [2.75, 3.05) is 0 Å². The second-order valence-corrected chi connectivity index (χ2v) is 4.16. The van der Waals surface area contributed by atoms with Gasteiger partial charge >= 0.3 is 6.18 Å². The fourth-order valence-corrected chi connectivity index (χ4v) is 1.40. The Morgan fingerprint density at radius 3 is 2.17 bits per heavy atom. The Hall–Kier alpha value is -1.80. The first-order valence-electron chi connectivity index (χ1n) is 5.23. The van der Waals surface area contributed by atoms with E-state index in [1.807, 2.05) is 6.92 Å². The number of halogens is 3. The van der Waals surface area contributed by atoms with Gasteiger partial charge in [0, 0.05) is 0 Å². The summed E-state index contributed by atoms with van der Waals surface area (Å²) >= 11 is 0. The van der Waals surface area contributed by atoms with Gasteiger partial charge in [0.05, 0.1) is 6.07 Å². The second-order valence-electron chi connectivity index (χ2n) is 4.16. The fraction of sp³-hybridized carbons (Fsp3) is 0.308. The van der Waals surface area contributed by atoms with Crippen LogP contribution in [-0.2, 0) is 0 Å². The van der Waals surface area contributed by atoms with Crippen molar-refractivity contribution in [1.82, 2.24) is 0 Å². The maximum atomic E-state index is 12.7. The van der Waals surface area contributed by atoms with E-state index >= 15 is 0 Å². The number of nitriles is 1. The van der Waals surface area contributed by atoms with E-state index in [-0.39, 0.29) is 5.57 Å². The van der Waals surface area contributed by atoms with Crippen molar-refractivity contribution in [3.05, 3.63) is 41.0 Å². The van der Waals surface area contributed by atoms with Gasteiger partial charge in [-0.25, -0.2) is 0 Å². The zero-order valence-electron chi connectivity index (χ0n) is 10.0. The van der Waals surface area contributed by atoms with E-state index in [2.05, 4.69) is 0 Å². The Bertz CT molecular complexity index is 494. The Balaban J connectivity index is 3.17. The number of aryl methyl sites for hydroxylation is 1. The van der Waals surface area contributed by atoms with E-state index in [4.69, 9.17) is 11.0 Å². The van der Waals surface area contributed by atoms with E-state index in [0.717, 1.165) is 11.6 Å². The quantitative estimate of drug-likeness (QED) is 0.881. The summed E-state index contributed by atoms with van der Waals surface area (Å²) in [6.07, 6.45) is -3.52. The van der Waals surface area contributed by atoms with E-state index < -0.39 is 11.7 Å². The van der Waals surface area contributed by atoms with Crippen molar-refractivity contribution in [2.45, 2.75) is 25.6 Å². The molecule has 1 rings (SSSR count). The third-order valence-corrected chi connectivity index (χ3v) is 2.71. The molecular weight excluding hydrogens is 241 g/mol. The highest BCUT2D eigenvalue weighted by Gasteiger charge is 2.54. The number of hydrogen-bond donors (Lipinski definition) is 1. The molecule has 1 aromatic carbocycles. The van der Waals surface area contributed by atoms with Crippen LogP contribution in [-0.4, -0.2) is 11.7 Å². The molecule has 0 aliphatic rings. The van der Waals surface area contributed by atoms with Crippen molar-refractivity contribution >= 4 is 6.08 Å². The van der Waals surface area contributed by atoms with Crippen molar-refractivity contribution in [3.8, 4) is 6.07 Å². The van der Waals surface area contributed by atoms with E-state index in [1.165, 1.54) is 13.0 Å². The highest BCUT2D eigenvalue weighted by atomic mass is 19.4. The maximum Gasteiger partial charge on any atom is 0.423 e. The summed E-state index contributed by atoms with van der Waals surface area (Å²) in [5.41, 5.74) is 3.54. The highest BCUT2D eigenvalue weighted by molar-refractivity contribution is 5.57. The van der Waals surface area contributed by atoms with Gasteiger partial charge in [0.15, 0.2) is 0 Å². The van der Waals surface area contributed by atoms with Gasteiger partial charge in [-0.05, 0) is 25.0 Å². The van der Waals surface area contributed by atoms with Gasteiger partial charge in [-0.1, -0.05) is 35.9 Å². The first kappa shape index (κ1) is 14.3. The zero-order chi connectivity index (χ0) is 14.0. The normalized spacial score (nSPS) is 15.9. The molecule has 0 heterocycles. The molecule has 0 aliphatic heterocycles. The highest BCUT2D eigenvalue weighted by Crippen LogP contribution is 2.34. The van der Waals surface area contributed by atoms with Crippen LogP contribution in [0.1, 0.15) is 18.1 Å². The van der Waals surface area contributed by atoms with Crippen molar-refractivity contribution in [2.24, 2.45) is 5.73 Å². The molecule has 0 amide bonds. The smallest absolute Gasteiger partial charge is 0.302 e. The van der Waals surface area contributed by atoms with Crippen LogP contribution in [0.4, 0.5) is 13.2 Å². The predicted molar refractivity (Wildman–Crippen MR) is 63.4 cm³/mol. The van der Waals surface area contributed by atoms with Gasteiger partial charge in [0.1, 0.15) is 0 Å². The van der Waals surface area contributed by atoms with Crippen molar-refractivity contribution < 1.29 is 13.2 Å². The largest absolute Gasteiger partial charge is 0.423 e. The number of alkyl halides is 3. The summed E-state index contributed by atoms with van der Waals surface area (Å²) in [6.45, 7) is 3.08. The summed E-state index contributed by atoms with van der Waals surface area (Å²) < 4.78 is 38.2. The lowest BCUT2D eigenvalue weighted by Gasteiger charge is -2.25. The molecule has 0 aliphatic carbocycles. The minimum Gasteiger partial charge on any atom is -0.302 e. The van der Waals surface area contributed by atoms with Crippen LogP contribution in [0.25, 0.3) is 6.08 Å². The molecule has 2 nitrogen and oxygen atoms in total. The first-order valence-corrected chi connectivity index (χ1v) is 5.23. The Morgan fingerprint density at radius 1 is 1.28 bits per heavy atom. The monoisotopic (exact) mass is 254 g/mol. The third-order valence-electron chi connectivity index (χ3n) is 2.71. The Kier molecular flexibility index (Phi) is 3.82. The lowest BCUT2D eigenvalue weighted by atomic mass is 9.91. The van der Waals surface area contributed by atoms with Crippen molar-refractivity contribution in [1.29, 1.82) is 5.26 Å². The molecule has 0 aromatic heterocycles. The van der Waals surface area contributed by atoms with Gasteiger partial charge in [-0.3, -0.25) is 0 Å². The number of nitrogens with zero attached hydrogens (tertiary/aromatic N) is 1. The van der Waals surface area contributed by atoms with Gasteiger partial charge < -0.3 is 5.73 Å². The first-order chi connectivity index (χ1) is 8.20. The van der Waals surface area contributed by atoms with Crippen LogP contribution < -0.4 is 5.73 Å². The number of benzene rings is 1. The molecule has 0 fully saturated rings. The molecule has 1 aromatic rings. The van der Waals surface area contributed by atoms with Crippen LogP contribution in [0, 0.1) is 18.3 Å². The molecule has 18 heavy (non-hydrogen) atoms. The molecular formula is C13H13F3N2. The molecule has 0 radical (unpaired) electrons. The summed E-state index contributed by atoms with van der Waals surface area (Å²) in [5.74, 6) is 0. The van der Waals surface area contributed by atoms with Crippen LogP contribution in [0.2, 0.25) is 0 Å². The average Bonchev–Trinajstić information content (AvgIpc) is 2.29. The molecule has 0 saturated carbocycles. The zero-order valence-corrected chi connectivity index (χ0v) is 10.0. The molecule has 0 saturated heterocycles. The molecule has 1 unspecified atom stereocenters. The second kappa shape index (κ2) is 4.83. The maximum absolute atomic E-state index is 12.7. The van der Waals surface area contributed by atoms with Gasteiger partial charge in [0.25, 0.3) is 0 Å². The SMILES string of the molecule is C/C(=C\c1ccc(C)cc1)C(N)(C#N)C(F)(F)F. The van der Waals surface area contributed by atoms with E-state index in [9.17, 15) is 13.2 Å². The minimum atomic E-state index is -4.80. The molecule has 1 atom stereocenters. The predicted octanol–water partition coefficient (Wildman–Crippen LogP) is 3.18. The number of hydrogen-bond acceptors (Lipinski definition) is 2. The fourth-order valence-electron chi connectivity index (χ4n) is 1.40. The summed E-state index contributed by atoms with van der Waals surface area (Å²) in [4.78, 5) is 0. The van der Waals surface area contributed by atoms with E-state index in [1.54, 1.807) is 24.3 Å². The lowest BCUT2D eigenvalue weighted by molar-refractivity contribution is -0.158. The number of rotatable bonds is 2. The van der Waals surface area contributed by atoms with Gasteiger partial charge in [-0.15, -0.1) is 0 Å². The molecule has 0 bridgehead atoms. The molecule has 2 N–H and O–H groups in total. The van der Waals surface area contributed by atoms with Crippen LogP contribution in [0.5, 0.6) is 0 Å². The minimum absolute atomic E-state index is 0.235. The van der Waals surface area contributed by atoms with E-state index in [0.29, 0.717) is 5.56 Å². The van der Waals surface area contributed by atoms with Crippen LogP contribution in [0.15, 0.2) is 29.8 Å². The molecule has 96 valence electrons.